The van der Waals surface area contributed by atoms with E-state index in [1.54, 1.807) is 19.4 Å². The minimum atomic E-state index is -1.15. The van der Waals surface area contributed by atoms with Gasteiger partial charge < -0.3 is 14.7 Å². The van der Waals surface area contributed by atoms with Gasteiger partial charge in [0.1, 0.15) is 6.10 Å². The van der Waals surface area contributed by atoms with Crippen LogP contribution in [-0.4, -0.2) is 77.4 Å². The number of allylic oxidation sites excluding steroid dienone is 2. The summed E-state index contributed by atoms with van der Waals surface area (Å²) < 4.78 is 6.21. The summed E-state index contributed by atoms with van der Waals surface area (Å²) in [5.74, 6) is 0.650. The molecule has 0 amide bonds. The second-order valence-electron chi connectivity index (χ2n) is 21.4. The number of esters is 1. The number of carboxylic acid groups (broad SMARTS) is 1. The van der Waals surface area contributed by atoms with Gasteiger partial charge in [-0.3, -0.25) is 24.3 Å². The standard InChI is InChI=1S/C47H73N3O5/c1-31(2)39-34(51)28-47(22-25-50(27-26-49(10)11)30-32-16-23-48-24-17-32)21-20-45(8)33(40(39)47)12-13-36-44(7)18-15-37(55-38(52)29-42(3,4)41(53)54)43(5,6)35(44)14-19-46(36,45)9/h16-17,23-24,31,33,35-37H,12-15,18-22,25-30H2,1-11H3,(H,53,54). The Morgan fingerprint density at radius 2 is 1.60 bits per heavy atom. The van der Waals surface area contributed by atoms with Gasteiger partial charge in [0.15, 0.2) is 5.78 Å². The van der Waals surface area contributed by atoms with Crippen LogP contribution in [0, 0.1) is 56.2 Å². The zero-order chi connectivity index (χ0) is 40.4. The Kier molecular flexibility index (Phi) is 11.4. The van der Waals surface area contributed by atoms with E-state index < -0.39 is 17.4 Å². The molecular weight excluding hydrogens is 687 g/mol. The quantitative estimate of drug-likeness (QED) is 0.199. The van der Waals surface area contributed by atoms with E-state index in [1.807, 2.05) is 12.4 Å². The lowest BCUT2D eigenvalue weighted by Crippen LogP contribution is -2.65. The molecule has 0 radical (unpaired) electrons. The van der Waals surface area contributed by atoms with Crippen molar-refractivity contribution < 1.29 is 24.2 Å². The fraction of sp³-hybridized carbons (Fsp3) is 0.787. The number of fused-ring (bicyclic) bond motifs is 7. The maximum absolute atomic E-state index is 14.3. The smallest absolute Gasteiger partial charge is 0.309 e. The summed E-state index contributed by atoms with van der Waals surface area (Å²) in [4.78, 5) is 48.3. The number of aromatic nitrogens is 1. The van der Waals surface area contributed by atoms with Crippen LogP contribution < -0.4 is 0 Å². The van der Waals surface area contributed by atoms with Gasteiger partial charge in [-0.1, -0.05) is 54.0 Å². The normalized spacial score (nSPS) is 35.7. The topological polar surface area (TPSA) is 100 Å². The summed E-state index contributed by atoms with van der Waals surface area (Å²) in [5, 5.41) is 9.65. The van der Waals surface area contributed by atoms with E-state index in [0.717, 1.165) is 71.1 Å². The van der Waals surface area contributed by atoms with Crippen LogP contribution >= 0.6 is 0 Å². The number of rotatable bonds is 13. The lowest BCUT2D eigenvalue weighted by atomic mass is 9.33. The average Bonchev–Trinajstić information content (AvgIpc) is 3.40. The Morgan fingerprint density at radius 3 is 2.24 bits per heavy atom. The molecule has 0 bridgehead atoms. The highest BCUT2D eigenvalue weighted by Crippen LogP contribution is 2.77. The Balaban J connectivity index is 1.26. The van der Waals surface area contributed by atoms with Crippen LogP contribution in [0.2, 0.25) is 0 Å². The summed E-state index contributed by atoms with van der Waals surface area (Å²) in [7, 11) is 4.29. The minimum Gasteiger partial charge on any atom is -0.481 e. The number of carbonyl (C=O) groups is 3. The van der Waals surface area contributed by atoms with Gasteiger partial charge in [0.25, 0.3) is 0 Å². The molecule has 0 saturated heterocycles. The van der Waals surface area contributed by atoms with Crippen LogP contribution in [0.15, 0.2) is 35.7 Å². The number of Topliss-reactive ketones (excluding diaryl/α,β-unsaturated/α-hetero) is 1. The predicted molar refractivity (Wildman–Crippen MR) is 218 cm³/mol. The molecule has 6 rings (SSSR count). The summed E-state index contributed by atoms with van der Waals surface area (Å²) in [5.41, 5.74) is 2.95. The van der Waals surface area contributed by atoms with Crippen LogP contribution in [-0.2, 0) is 25.7 Å². The number of carbonyl (C=O) groups excluding carboxylic acids is 2. The lowest BCUT2D eigenvalue weighted by Gasteiger charge is -2.72. The van der Waals surface area contributed by atoms with Crippen molar-refractivity contribution in [1.82, 2.24) is 14.8 Å². The largest absolute Gasteiger partial charge is 0.481 e. The number of likely N-dealkylation sites (N-methyl/N-ethyl adjacent to an activating group) is 1. The van der Waals surface area contributed by atoms with Crippen molar-refractivity contribution in [3.8, 4) is 0 Å². The molecule has 8 unspecified atom stereocenters. The second-order valence-corrected chi connectivity index (χ2v) is 21.4. The first-order chi connectivity index (χ1) is 25.6. The van der Waals surface area contributed by atoms with Crippen molar-refractivity contribution in [2.75, 3.05) is 33.7 Å². The molecule has 8 heteroatoms. The maximum atomic E-state index is 14.3. The van der Waals surface area contributed by atoms with Crippen molar-refractivity contribution >= 4 is 17.7 Å². The summed E-state index contributed by atoms with van der Waals surface area (Å²) in [6.45, 7) is 24.0. The minimum absolute atomic E-state index is 0.0566. The van der Waals surface area contributed by atoms with Crippen molar-refractivity contribution in [2.45, 2.75) is 146 Å². The van der Waals surface area contributed by atoms with Crippen molar-refractivity contribution in [3.05, 3.63) is 41.2 Å². The average molecular weight is 760 g/mol. The van der Waals surface area contributed by atoms with Crippen LogP contribution in [0.1, 0.15) is 139 Å². The molecule has 0 aromatic carbocycles. The van der Waals surface area contributed by atoms with Crippen molar-refractivity contribution in [2.24, 2.45) is 56.2 Å². The van der Waals surface area contributed by atoms with Crippen LogP contribution in [0.5, 0.6) is 0 Å². The number of ketones is 1. The highest BCUT2D eigenvalue weighted by Gasteiger charge is 2.70. The van der Waals surface area contributed by atoms with Gasteiger partial charge in [0.2, 0.25) is 0 Å². The van der Waals surface area contributed by atoms with Crippen LogP contribution in [0.25, 0.3) is 0 Å². The molecule has 4 saturated carbocycles. The molecule has 1 heterocycles. The molecule has 55 heavy (non-hydrogen) atoms. The molecule has 0 aliphatic heterocycles. The van der Waals surface area contributed by atoms with Crippen molar-refractivity contribution in [3.63, 3.8) is 0 Å². The molecule has 1 aromatic heterocycles. The van der Waals surface area contributed by atoms with Crippen LogP contribution in [0.3, 0.4) is 0 Å². The van der Waals surface area contributed by atoms with Gasteiger partial charge in [-0.2, -0.15) is 0 Å². The van der Waals surface area contributed by atoms with E-state index in [4.69, 9.17) is 4.74 Å². The van der Waals surface area contributed by atoms with Gasteiger partial charge in [-0.05, 0) is 155 Å². The number of pyridine rings is 1. The first-order valence-corrected chi connectivity index (χ1v) is 21.6. The molecule has 8 nitrogen and oxygen atoms in total. The summed E-state index contributed by atoms with van der Waals surface area (Å²) >= 11 is 0. The van der Waals surface area contributed by atoms with E-state index in [1.165, 1.54) is 24.0 Å². The van der Waals surface area contributed by atoms with Gasteiger partial charge in [0.05, 0.1) is 11.8 Å². The SMILES string of the molecule is CC(C)C1=C2C3CCC4C5(C)CCC(OC(=O)CC(C)(C)C(=O)O)C(C)(C)C5CCC4(C)C3(C)CCC2(CCN(CCN(C)C)Cc2ccncc2)CC1=O. The number of nitrogens with zero attached hydrogens (tertiary/aromatic N) is 3. The van der Waals surface area contributed by atoms with Gasteiger partial charge in [-0.25, -0.2) is 0 Å². The fourth-order valence-corrected chi connectivity index (χ4v) is 13.6. The van der Waals surface area contributed by atoms with E-state index >= 15 is 0 Å². The fourth-order valence-electron chi connectivity index (χ4n) is 13.6. The monoisotopic (exact) mass is 760 g/mol. The molecule has 5 aliphatic carbocycles. The zero-order valence-corrected chi connectivity index (χ0v) is 36.2. The molecule has 1 N–H and O–H groups in total. The summed E-state index contributed by atoms with van der Waals surface area (Å²) in [6.07, 6.45) is 13.8. The lowest BCUT2D eigenvalue weighted by molar-refractivity contribution is -0.233. The molecule has 5 aliphatic rings. The first-order valence-electron chi connectivity index (χ1n) is 21.6. The predicted octanol–water partition coefficient (Wildman–Crippen LogP) is 9.23. The number of hydrogen-bond acceptors (Lipinski definition) is 7. The molecule has 4 fully saturated rings. The third-order valence-electron chi connectivity index (χ3n) is 16.9. The van der Waals surface area contributed by atoms with Gasteiger partial charge in [-0.15, -0.1) is 0 Å². The van der Waals surface area contributed by atoms with E-state index in [0.29, 0.717) is 30.0 Å². The summed E-state index contributed by atoms with van der Waals surface area (Å²) in [6, 6.07) is 4.26. The molecule has 306 valence electrons. The number of hydrogen-bond donors (Lipinski definition) is 1. The zero-order valence-electron chi connectivity index (χ0n) is 36.2. The Morgan fingerprint density at radius 1 is 0.909 bits per heavy atom. The number of ether oxygens (including phenoxy) is 1. The maximum Gasteiger partial charge on any atom is 0.309 e. The highest BCUT2D eigenvalue weighted by atomic mass is 16.5. The second kappa shape index (κ2) is 15.0. The first kappa shape index (κ1) is 42.0. The highest BCUT2D eigenvalue weighted by molar-refractivity contribution is 6.00. The Hall–Kier alpha value is -2.58. The van der Waals surface area contributed by atoms with E-state index in [-0.39, 0.29) is 45.5 Å². The molecule has 8 atom stereocenters. The molecule has 1 aromatic rings. The molecule has 0 spiro atoms. The van der Waals surface area contributed by atoms with Gasteiger partial charge >= 0.3 is 11.9 Å². The molecular formula is C47H73N3O5. The number of carboxylic acids is 1. The number of aliphatic carboxylic acids is 1. The van der Waals surface area contributed by atoms with E-state index in [2.05, 4.69) is 89.5 Å². The van der Waals surface area contributed by atoms with Crippen molar-refractivity contribution in [1.29, 1.82) is 0 Å². The van der Waals surface area contributed by atoms with E-state index in [9.17, 15) is 19.5 Å². The third kappa shape index (κ3) is 7.27. The van der Waals surface area contributed by atoms with Gasteiger partial charge in [0, 0.05) is 49.3 Å². The van der Waals surface area contributed by atoms with Crippen LogP contribution in [0.4, 0.5) is 0 Å². The third-order valence-corrected chi connectivity index (χ3v) is 16.9. The Labute approximate surface area is 332 Å². The Bertz CT molecular complexity index is 1650.